The summed E-state index contributed by atoms with van der Waals surface area (Å²) in [4.78, 5) is 0. The molecule has 0 amide bonds. The second-order valence-electron chi connectivity index (χ2n) is 8.66. The summed E-state index contributed by atoms with van der Waals surface area (Å²) in [7, 11) is 0. The predicted octanol–water partition coefficient (Wildman–Crippen LogP) is 5.87. The average molecular weight is 324 g/mol. The number of nitrogens with one attached hydrogen (secondary N) is 1. The number of thiophene rings is 1. The molecule has 21 heavy (non-hydrogen) atoms. The first-order chi connectivity index (χ1) is 9.74. The highest BCUT2D eigenvalue weighted by atomic mass is 32.2. The second kappa shape index (κ2) is 5.58. The van der Waals surface area contributed by atoms with E-state index in [0.717, 1.165) is 5.25 Å². The Bertz CT molecular complexity index is 487. The van der Waals surface area contributed by atoms with Gasteiger partial charge in [-0.3, -0.25) is 0 Å². The van der Waals surface area contributed by atoms with Crippen molar-refractivity contribution in [2.75, 3.05) is 0 Å². The average Bonchev–Trinajstić information content (AvgIpc) is 2.71. The van der Waals surface area contributed by atoms with Crippen LogP contribution in [0.5, 0.6) is 0 Å². The minimum atomic E-state index is 0.464. The maximum atomic E-state index is 4.04. The Morgan fingerprint density at radius 3 is 2.48 bits per heavy atom. The van der Waals surface area contributed by atoms with Crippen molar-refractivity contribution < 1.29 is 0 Å². The lowest BCUT2D eigenvalue weighted by Gasteiger charge is -2.46. The maximum Gasteiger partial charge on any atom is 0.0649 e. The molecule has 1 aromatic heterocycles. The van der Waals surface area contributed by atoms with Crippen LogP contribution in [0.25, 0.3) is 0 Å². The number of rotatable bonds is 2. The summed E-state index contributed by atoms with van der Waals surface area (Å²) < 4.78 is 1.54. The van der Waals surface area contributed by atoms with Gasteiger partial charge in [0.05, 0.1) is 4.21 Å². The largest absolute Gasteiger partial charge is 0.307 e. The van der Waals surface area contributed by atoms with E-state index in [-0.39, 0.29) is 0 Å². The quantitative estimate of drug-likeness (QED) is 0.730. The van der Waals surface area contributed by atoms with Crippen LogP contribution in [-0.2, 0) is 0 Å². The lowest BCUT2D eigenvalue weighted by Crippen LogP contribution is -2.45. The Kier molecular flexibility index (Phi) is 4.22. The molecule has 1 aromatic rings. The highest BCUT2D eigenvalue weighted by molar-refractivity contribution is 8.01. The van der Waals surface area contributed by atoms with E-state index < -0.39 is 0 Å². The van der Waals surface area contributed by atoms with Crippen LogP contribution in [0.2, 0.25) is 0 Å². The molecule has 3 rings (SSSR count). The van der Waals surface area contributed by atoms with E-state index >= 15 is 0 Å². The number of thioether (sulfide) groups is 1. The summed E-state index contributed by atoms with van der Waals surface area (Å²) in [6.45, 7) is 12.1. The van der Waals surface area contributed by atoms with Gasteiger partial charge in [0.2, 0.25) is 0 Å². The van der Waals surface area contributed by atoms with Gasteiger partial charge in [-0.2, -0.15) is 0 Å². The van der Waals surface area contributed by atoms with Crippen molar-refractivity contribution in [3.63, 3.8) is 0 Å². The van der Waals surface area contributed by atoms with E-state index in [2.05, 4.69) is 63.1 Å². The Balaban J connectivity index is 1.75. The summed E-state index contributed by atoms with van der Waals surface area (Å²) in [5, 5.41) is 7.03. The monoisotopic (exact) mass is 323 g/mol. The fourth-order valence-electron chi connectivity index (χ4n) is 4.76. The van der Waals surface area contributed by atoms with Crippen LogP contribution < -0.4 is 5.32 Å². The Hall–Kier alpha value is 0.01000. The van der Waals surface area contributed by atoms with E-state index in [1.165, 1.54) is 25.7 Å². The zero-order valence-electron chi connectivity index (χ0n) is 14.0. The lowest BCUT2D eigenvalue weighted by atomic mass is 9.63. The Labute approximate surface area is 138 Å². The van der Waals surface area contributed by atoms with Gasteiger partial charge in [0, 0.05) is 17.3 Å². The van der Waals surface area contributed by atoms with Crippen molar-refractivity contribution in [3.8, 4) is 0 Å². The normalized spacial score (nSPS) is 31.9. The summed E-state index contributed by atoms with van der Waals surface area (Å²) in [6.07, 6.45) is 5.24. The predicted molar refractivity (Wildman–Crippen MR) is 95.3 cm³/mol. The third-order valence-electron chi connectivity index (χ3n) is 4.90. The van der Waals surface area contributed by atoms with Crippen LogP contribution in [0, 0.1) is 10.8 Å². The summed E-state index contributed by atoms with van der Waals surface area (Å²) in [5.74, 6) is 0. The molecule has 2 atom stereocenters. The molecule has 0 bridgehead atoms. The molecule has 1 aliphatic carbocycles. The highest BCUT2D eigenvalue weighted by Crippen LogP contribution is 2.48. The first-order valence-corrected chi connectivity index (χ1v) is 10.0. The van der Waals surface area contributed by atoms with Crippen molar-refractivity contribution in [2.45, 2.75) is 81.8 Å². The standard InChI is InChI=1S/C18H29NS2/c1-12-8-15(14-6-7-20-16(14)21-12)19-13-9-17(2,3)11-18(4,5)10-13/h6-7,12-13,15,19H,8-11H2,1-5H3/t12-,15?/m0/s1. The van der Waals surface area contributed by atoms with Gasteiger partial charge in [0.15, 0.2) is 0 Å². The molecular formula is C18H29NS2. The van der Waals surface area contributed by atoms with Gasteiger partial charge in [0.1, 0.15) is 0 Å². The number of hydrogen-bond acceptors (Lipinski definition) is 3. The smallest absolute Gasteiger partial charge is 0.0649 e. The van der Waals surface area contributed by atoms with Gasteiger partial charge >= 0.3 is 0 Å². The van der Waals surface area contributed by atoms with Gasteiger partial charge in [-0.05, 0) is 53.5 Å². The summed E-state index contributed by atoms with van der Waals surface area (Å²) in [5.41, 5.74) is 2.49. The van der Waals surface area contributed by atoms with Crippen LogP contribution in [0.15, 0.2) is 15.7 Å². The molecule has 1 aliphatic heterocycles. The molecule has 2 aliphatic rings. The van der Waals surface area contributed by atoms with Crippen molar-refractivity contribution >= 4 is 23.1 Å². The first kappa shape index (κ1) is 15.9. The van der Waals surface area contributed by atoms with Crippen LogP contribution in [-0.4, -0.2) is 11.3 Å². The van der Waals surface area contributed by atoms with Crippen LogP contribution in [0.1, 0.15) is 71.9 Å². The van der Waals surface area contributed by atoms with Crippen molar-refractivity contribution in [1.82, 2.24) is 5.32 Å². The highest BCUT2D eigenvalue weighted by Gasteiger charge is 2.39. The maximum absolute atomic E-state index is 4.04. The van der Waals surface area contributed by atoms with E-state index in [4.69, 9.17) is 0 Å². The molecule has 1 N–H and O–H groups in total. The Morgan fingerprint density at radius 2 is 1.81 bits per heavy atom. The fourth-order valence-corrected chi connectivity index (χ4v) is 7.32. The molecule has 3 heteroatoms. The van der Waals surface area contributed by atoms with Gasteiger partial charge in [0.25, 0.3) is 0 Å². The molecule has 0 saturated heterocycles. The minimum Gasteiger partial charge on any atom is -0.307 e. The molecule has 1 fully saturated rings. The third-order valence-corrected chi connectivity index (χ3v) is 7.25. The third kappa shape index (κ3) is 3.68. The van der Waals surface area contributed by atoms with Gasteiger partial charge in [-0.15, -0.1) is 23.1 Å². The topological polar surface area (TPSA) is 12.0 Å². The van der Waals surface area contributed by atoms with Crippen molar-refractivity contribution in [2.24, 2.45) is 10.8 Å². The van der Waals surface area contributed by atoms with E-state index in [1.54, 1.807) is 9.77 Å². The van der Waals surface area contributed by atoms with Gasteiger partial charge < -0.3 is 5.32 Å². The van der Waals surface area contributed by atoms with Crippen molar-refractivity contribution in [1.29, 1.82) is 0 Å². The lowest BCUT2D eigenvalue weighted by molar-refractivity contribution is 0.0794. The molecule has 0 spiro atoms. The SMILES string of the molecule is C[C@H]1CC(NC2CC(C)(C)CC(C)(C)C2)c2ccsc2S1. The number of fused-ring (bicyclic) bond motifs is 1. The zero-order chi connectivity index (χ0) is 15.3. The molecule has 1 nitrogen and oxygen atoms in total. The van der Waals surface area contributed by atoms with E-state index in [0.29, 0.717) is 22.9 Å². The number of hydrogen-bond donors (Lipinski definition) is 1. The molecule has 0 radical (unpaired) electrons. The molecule has 1 unspecified atom stereocenters. The molecular weight excluding hydrogens is 294 g/mol. The van der Waals surface area contributed by atoms with E-state index in [9.17, 15) is 0 Å². The van der Waals surface area contributed by atoms with Gasteiger partial charge in [-0.1, -0.05) is 34.6 Å². The molecule has 118 valence electrons. The molecule has 0 aromatic carbocycles. The summed E-state index contributed by atoms with van der Waals surface area (Å²) >= 11 is 3.98. The van der Waals surface area contributed by atoms with E-state index in [1.807, 2.05) is 11.3 Å². The zero-order valence-corrected chi connectivity index (χ0v) is 15.7. The second-order valence-corrected chi connectivity index (χ2v) is 11.3. The summed E-state index contributed by atoms with van der Waals surface area (Å²) in [6, 6.07) is 3.57. The fraction of sp³-hybridized carbons (Fsp3) is 0.778. The van der Waals surface area contributed by atoms with Crippen molar-refractivity contribution in [3.05, 3.63) is 17.0 Å². The molecule has 2 heterocycles. The van der Waals surface area contributed by atoms with Crippen LogP contribution >= 0.6 is 23.1 Å². The van der Waals surface area contributed by atoms with Gasteiger partial charge in [-0.25, -0.2) is 0 Å². The van der Waals surface area contributed by atoms with Crippen LogP contribution in [0.3, 0.4) is 0 Å². The van der Waals surface area contributed by atoms with Crippen LogP contribution in [0.4, 0.5) is 0 Å². The first-order valence-electron chi connectivity index (χ1n) is 8.24. The Morgan fingerprint density at radius 1 is 1.14 bits per heavy atom. The minimum absolute atomic E-state index is 0.464. The molecule has 1 saturated carbocycles.